The van der Waals surface area contributed by atoms with Gasteiger partial charge in [0, 0.05) is 12.1 Å². The molecule has 0 aliphatic heterocycles. The summed E-state index contributed by atoms with van der Waals surface area (Å²) in [4.78, 5) is 11.5. The highest BCUT2D eigenvalue weighted by atomic mass is 19.4. The SMILES string of the molecule is CNCCCC(=O)Nc1cc(C(F)(F)F)cc(C(F)(F)F)c1. The molecule has 0 atom stereocenters. The summed E-state index contributed by atoms with van der Waals surface area (Å²) in [6, 6.07) is 0.965. The van der Waals surface area contributed by atoms with E-state index in [2.05, 4.69) is 10.6 Å². The lowest BCUT2D eigenvalue weighted by molar-refractivity contribution is -0.143. The fourth-order valence-electron chi connectivity index (χ4n) is 1.68. The number of alkyl halides is 6. The van der Waals surface area contributed by atoms with E-state index in [4.69, 9.17) is 0 Å². The second kappa shape index (κ2) is 6.99. The van der Waals surface area contributed by atoms with Crippen molar-refractivity contribution >= 4 is 11.6 Å². The quantitative estimate of drug-likeness (QED) is 0.640. The highest BCUT2D eigenvalue weighted by Crippen LogP contribution is 2.37. The Morgan fingerprint density at radius 2 is 1.50 bits per heavy atom. The molecule has 124 valence electrons. The van der Waals surface area contributed by atoms with Gasteiger partial charge in [-0.2, -0.15) is 26.3 Å². The first-order valence-electron chi connectivity index (χ1n) is 6.28. The first kappa shape index (κ1) is 18.3. The summed E-state index contributed by atoms with van der Waals surface area (Å²) in [5.74, 6) is -0.650. The number of halogens is 6. The molecule has 0 aliphatic rings. The maximum absolute atomic E-state index is 12.6. The topological polar surface area (TPSA) is 41.1 Å². The number of carbonyl (C=O) groups excluding carboxylic acids is 1. The first-order chi connectivity index (χ1) is 10.0. The number of hydrogen-bond donors (Lipinski definition) is 2. The number of amides is 1. The van der Waals surface area contributed by atoms with Gasteiger partial charge in [-0.1, -0.05) is 0 Å². The van der Waals surface area contributed by atoms with E-state index < -0.39 is 35.1 Å². The van der Waals surface area contributed by atoms with E-state index in [9.17, 15) is 31.1 Å². The van der Waals surface area contributed by atoms with E-state index in [0.29, 0.717) is 25.1 Å². The van der Waals surface area contributed by atoms with Crippen LogP contribution in [0.2, 0.25) is 0 Å². The van der Waals surface area contributed by atoms with Crippen LogP contribution >= 0.6 is 0 Å². The normalized spacial score (nSPS) is 12.3. The van der Waals surface area contributed by atoms with Crippen LogP contribution in [0.1, 0.15) is 24.0 Å². The van der Waals surface area contributed by atoms with E-state index >= 15 is 0 Å². The van der Waals surface area contributed by atoms with E-state index in [0.717, 1.165) is 0 Å². The minimum absolute atomic E-state index is 0.0106. The Morgan fingerprint density at radius 3 is 1.91 bits per heavy atom. The second-order valence-corrected chi connectivity index (χ2v) is 4.55. The standard InChI is InChI=1S/C13H14F6N2O/c1-20-4-2-3-11(22)21-10-6-8(12(14,15)16)5-9(7-10)13(17,18)19/h5-7,20H,2-4H2,1H3,(H,21,22). The van der Waals surface area contributed by atoms with Gasteiger partial charge in [0.2, 0.25) is 5.91 Å². The molecular weight excluding hydrogens is 314 g/mol. The molecule has 0 aliphatic carbocycles. The van der Waals surface area contributed by atoms with Gasteiger partial charge in [-0.25, -0.2) is 0 Å². The lowest BCUT2D eigenvalue weighted by Crippen LogP contribution is -2.17. The molecule has 1 aromatic rings. The van der Waals surface area contributed by atoms with Crippen LogP contribution < -0.4 is 10.6 Å². The van der Waals surface area contributed by atoms with Crippen molar-refractivity contribution in [2.75, 3.05) is 18.9 Å². The summed E-state index contributed by atoms with van der Waals surface area (Å²) in [6.45, 7) is 0.504. The van der Waals surface area contributed by atoms with Crippen LogP contribution in [0.15, 0.2) is 18.2 Å². The largest absolute Gasteiger partial charge is 0.416 e. The zero-order chi connectivity index (χ0) is 17.0. The molecular formula is C13H14F6N2O. The van der Waals surface area contributed by atoms with E-state index in [1.165, 1.54) is 0 Å². The Balaban J connectivity index is 3.01. The molecule has 0 bridgehead atoms. The van der Waals surface area contributed by atoms with Crippen molar-refractivity contribution in [1.82, 2.24) is 5.32 Å². The summed E-state index contributed by atoms with van der Waals surface area (Å²) in [6.07, 6.45) is -9.48. The summed E-state index contributed by atoms with van der Waals surface area (Å²) in [7, 11) is 1.65. The summed E-state index contributed by atoms with van der Waals surface area (Å²) in [5, 5.41) is 4.83. The zero-order valence-electron chi connectivity index (χ0n) is 11.5. The first-order valence-corrected chi connectivity index (χ1v) is 6.28. The number of carbonyl (C=O) groups is 1. The van der Waals surface area contributed by atoms with Gasteiger partial charge in [0.05, 0.1) is 11.1 Å². The molecule has 3 nitrogen and oxygen atoms in total. The Labute approximate surface area is 122 Å². The molecule has 22 heavy (non-hydrogen) atoms. The van der Waals surface area contributed by atoms with Crippen molar-refractivity contribution in [3.05, 3.63) is 29.3 Å². The molecule has 9 heteroatoms. The van der Waals surface area contributed by atoms with Gasteiger partial charge in [-0.05, 0) is 38.2 Å². The maximum atomic E-state index is 12.6. The number of nitrogens with one attached hydrogen (secondary N) is 2. The highest BCUT2D eigenvalue weighted by molar-refractivity contribution is 5.90. The average molecular weight is 328 g/mol. The van der Waals surface area contributed by atoms with Gasteiger partial charge in [0.15, 0.2) is 0 Å². The van der Waals surface area contributed by atoms with Gasteiger partial charge in [0.25, 0.3) is 0 Å². The predicted octanol–water partition coefficient (Wildman–Crippen LogP) is 3.66. The van der Waals surface area contributed by atoms with Crippen molar-refractivity contribution in [3.8, 4) is 0 Å². The van der Waals surface area contributed by atoms with Crippen LogP contribution in [0, 0.1) is 0 Å². The molecule has 1 rings (SSSR count). The van der Waals surface area contributed by atoms with Crippen LogP contribution in [-0.2, 0) is 17.1 Å². The Hall–Kier alpha value is -1.77. The monoisotopic (exact) mass is 328 g/mol. The zero-order valence-corrected chi connectivity index (χ0v) is 11.5. The van der Waals surface area contributed by atoms with Crippen LogP contribution in [0.3, 0.4) is 0 Å². The fraction of sp³-hybridized carbons (Fsp3) is 0.462. The lowest BCUT2D eigenvalue weighted by Gasteiger charge is -2.14. The van der Waals surface area contributed by atoms with E-state index in [-0.39, 0.29) is 12.5 Å². The molecule has 1 amide bonds. The molecule has 2 N–H and O–H groups in total. The van der Waals surface area contributed by atoms with Crippen LogP contribution in [0.5, 0.6) is 0 Å². The minimum Gasteiger partial charge on any atom is -0.326 e. The average Bonchev–Trinajstić information content (AvgIpc) is 2.36. The fourth-order valence-corrected chi connectivity index (χ4v) is 1.68. The van der Waals surface area contributed by atoms with Crippen molar-refractivity contribution in [2.24, 2.45) is 0 Å². The molecule has 0 unspecified atom stereocenters. The summed E-state index contributed by atoms with van der Waals surface area (Å²) >= 11 is 0. The minimum atomic E-state index is -4.94. The molecule has 0 radical (unpaired) electrons. The van der Waals surface area contributed by atoms with Gasteiger partial charge < -0.3 is 10.6 Å². The molecule has 0 spiro atoms. The van der Waals surface area contributed by atoms with Crippen molar-refractivity contribution in [1.29, 1.82) is 0 Å². The Morgan fingerprint density at radius 1 is 1.00 bits per heavy atom. The third-order valence-electron chi connectivity index (χ3n) is 2.70. The third-order valence-corrected chi connectivity index (χ3v) is 2.70. The number of benzene rings is 1. The van der Waals surface area contributed by atoms with Crippen molar-refractivity contribution in [3.63, 3.8) is 0 Å². The van der Waals surface area contributed by atoms with Gasteiger partial charge in [0.1, 0.15) is 0 Å². The van der Waals surface area contributed by atoms with Gasteiger partial charge >= 0.3 is 12.4 Å². The molecule has 0 saturated heterocycles. The maximum Gasteiger partial charge on any atom is 0.416 e. The second-order valence-electron chi connectivity index (χ2n) is 4.55. The lowest BCUT2D eigenvalue weighted by atomic mass is 10.1. The van der Waals surface area contributed by atoms with E-state index in [1.54, 1.807) is 7.05 Å². The number of hydrogen-bond acceptors (Lipinski definition) is 2. The van der Waals surface area contributed by atoms with E-state index in [1.807, 2.05) is 0 Å². The Kier molecular flexibility index (Phi) is 5.81. The molecule has 0 saturated carbocycles. The number of anilines is 1. The molecule has 1 aromatic carbocycles. The van der Waals surface area contributed by atoms with Gasteiger partial charge in [-0.15, -0.1) is 0 Å². The number of rotatable bonds is 5. The summed E-state index contributed by atoms with van der Waals surface area (Å²) < 4.78 is 75.8. The van der Waals surface area contributed by atoms with Crippen molar-refractivity contribution in [2.45, 2.75) is 25.2 Å². The van der Waals surface area contributed by atoms with Crippen LogP contribution in [0.25, 0.3) is 0 Å². The van der Waals surface area contributed by atoms with Crippen molar-refractivity contribution < 1.29 is 31.1 Å². The van der Waals surface area contributed by atoms with Gasteiger partial charge in [-0.3, -0.25) is 4.79 Å². The summed E-state index contributed by atoms with van der Waals surface area (Å²) in [5.41, 5.74) is -3.46. The third kappa shape index (κ3) is 5.55. The molecule has 0 fully saturated rings. The van der Waals surface area contributed by atoms with Crippen LogP contribution in [0.4, 0.5) is 32.0 Å². The molecule has 0 aromatic heterocycles. The molecule has 0 heterocycles. The Bertz CT molecular complexity index is 492. The highest BCUT2D eigenvalue weighted by Gasteiger charge is 2.37. The van der Waals surface area contributed by atoms with Crippen LogP contribution in [-0.4, -0.2) is 19.5 Å². The predicted molar refractivity (Wildman–Crippen MR) is 68.2 cm³/mol. The smallest absolute Gasteiger partial charge is 0.326 e.